The average molecular weight is 262 g/mol. The van der Waals surface area contributed by atoms with Crippen molar-refractivity contribution in [1.82, 2.24) is 4.90 Å². The van der Waals surface area contributed by atoms with Crippen LogP contribution in [0.4, 0.5) is 5.69 Å². The van der Waals surface area contributed by atoms with E-state index in [0.29, 0.717) is 13.1 Å². The van der Waals surface area contributed by atoms with Crippen LogP contribution in [0, 0.1) is 0 Å². The van der Waals surface area contributed by atoms with Gasteiger partial charge in [0.15, 0.2) is 0 Å². The zero-order valence-electron chi connectivity index (χ0n) is 11.4. The highest BCUT2D eigenvalue weighted by atomic mass is 16.3. The Bertz CT molecular complexity index is 428. The zero-order chi connectivity index (χ0) is 13.7. The third-order valence-corrected chi connectivity index (χ3v) is 3.56. The minimum Gasteiger partial charge on any atom is -0.395 e. The molecule has 1 unspecified atom stereocenters. The molecule has 0 spiro atoms. The molecule has 1 aliphatic heterocycles. The Morgan fingerprint density at radius 2 is 2.21 bits per heavy atom. The van der Waals surface area contributed by atoms with Gasteiger partial charge in [-0.2, -0.15) is 0 Å². The summed E-state index contributed by atoms with van der Waals surface area (Å²) in [6.07, 6.45) is 1.74. The molecule has 1 aromatic rings. The molecular weight excluding hydrogens is 240 g/mol. The van der Waals surface area contributed by atoms with Gasteiger partial charge in [-0.3, -0.25) is 4.79 Å². The molecular formula is C15H22N2O2. The van der Waals surface area contributed by atoms with E-state index >= 15 is 0 Å². The molecule has 4 nitrogen and oxygen atoms in total. The first kappa shape index (κ1) is 13.9. The lowest BCUT2D eigenvalue weighted by atomic mass is 9.89. The van der Waals surface area contributed by atoms with Gasteiger partial charge in [-0.15, -0.1) is 0 Å². The number of aliphatic hydroxyl groups is 1. The summed E-state index contributed by atoms with van der Waals surface area (Å²) in [7, 11) is 0. The first-order chi connectivity index (χ1) is 9.27. The van der Waals surface area contributed by atoms with Crippen LogP contribution in [0.1, 0.15) is 31.2 Å². The van der Waals surface area contributed by atoms with Crippen LogP contribution in [-0.4, -0.2) is 42.2 Å². The third kappa shape index (κ3) is 3.07. The molecule has 0 radical (unpaired) electrons. The van der Waals surface area contributed by atoms with Crippen LogP contribution >= 0.6 is 0 Å². The largest absolute Gasteiger partial charge is 0.395 e. The molecule has 1 aromatic carbocycles. The molecule has 1 aliphatic rings. The van der Waals surface area contributed by atoms with Crippen molar-refractivity contribution in [3.63, 3.8) is 0 Å². The molecule has 4 heteroatoms. The maximum atomic E-state index is 12.6. The van der Waals surface area contributed by atoms with Crippen molar-refractivity contribution in [2.24, 2.45) is 0 Å². The molecule has 0 aromatic heterocycles. The fraction of sp³-hybridized carbons (Fsp3) is 0.533. The molecule has 0 saturated carbocycles. The van der Waals surface area contributed by atoms with Crippen molar-refractivity contribution < 1.29 is 9.90 Å². The molecule has 0 fully saturated rings. The Hall–Kier alpha value is -1.55. The van der Waals surface area contributed by atoms with E-state index in [4.69, 9.17) is 5.11 Å². The number of hydrogen-bond acceptors (Lipinski definition) is 3. The van der Waals surface area contributed by atoms with Gasteiger partial charge in [-0.25, -0.2) is 0 Å². The van der Waals surface area contributed by atoms with Crippen molar-refractivity contribution in [1.29, 1.82) is 0 Å². The molecule has 1 atom stereocenters. The summed E-state index contributed by atoms with van der Waals surface area (Å²) < 4.78 is 0. The van der Waals surface area contributed by atoms with Crippen molar-refractivity contribution in [2.75, 3.05) is 31.6 Å². The standard InChI is InChI=1S/C15H22N2O2/c1-2-9-17(10-11-18)15(19)13-7-8-16-14-6-4-3-5-12(13)14/h3-6,13,16,18H,2,7-11H2,1H3. The summed E-state index contributed by atoms with van der Waals surface area (Å²) in [4.78, 5) is 14.4. The molecule has 0 saturated heterocycles. The van der Waals surface area contributed by atoms with E-state index in [0.717, 1.165) is 30.6 Å². The van der Waals surface area contributed by atoms with Crippen LogP contribution in [0.15, 0.2) is 24.3 Å². The molecule has 0 aliphatic carbocycles. The second-order valence-electron chi connectivity index (χ2n) is 4.90. The normalized spacial score (nSPS) is 17.5. The lowest BCUT2D eigenvalue weighted by Gasteiger charge is -2.31. The Morgan fingerprint density at radius 1 is 1.42 bits per heavy atom. The number of carbonyl (C=O) groups excluding carboxylic acids is 1. The average Bonchev–Trinajstić information content (AvgIpc) is 2.46. The van der Waals surface area contributed by atoms with Gasteiger partial charge < -0.3 is 15.3 Å². The molecule has 2 N–H and O–H groups in total. The summed E-state index contributed by atoms with van der Waals surface area (Å²) in [5.74, 6) is 0.0698. The topological polar surface area (TPSA) is 52.6 Å². The lowest BCUT2D eigenvalue weighted by molar-refractivity contribution is -0.133. The molecule has 19 heavy (non-hydrogen) atoms. The van der Waals surface area contributed by atoms with E-state index in [1.165, 1.54) is 0 Å². The number of fused-ring (bicyclic) bond motifs is 1. The Labute approximate surface area is 114 Å². The number of aliphatic hydroxyl groups excluding tert-OH is 1. The summed E-state index contributed by atoms with van der Waals surface area (Å²) in [6, 6.07) is 8.00. The van der Waals surface area contributed by atoms with Crippen molar-refractivity contribution in [3.05, 3.63) is 29.8 Å². The number of para-hydroxylation sites is 1. The number of hydrogen-bond donors (Lipinski definition) is 2. The molecule has 2 rings (SSSR count). The first-order valence-electron chi connectivity index (χ1n) is 7.00. The smallest absolute Gasteiger partial charge is 0.230 e. The molecule has 104 valence electrons. The van der Waals surface area contributed by atoms with E-state index in [1.54, 1.807) is 4.90 Å². The van der Waals surface area contributed by atoms with Gasteiger partial charge in [0.25, 0.3) is 0 Å². The van der Waals surface area contributed by atoms with Gasteiger partial charge >= 0.3 is 0 Å². The lowest BCUT2D eigenvalue weighted by Crippen LogP contribution is -2.39. The second-order valence-corrected chi connectivity index (χ2v) is 4.90. The minimum absolute atomic E-state index is 0.0261. The monoisotopic (exact) mass is 262 g/mol. The minimum atomic E-state index is -0.0736. The highest BCUT2D eigenvalue weighted by Gasteiger charge is 2.29. The number of carbonyl (C=O) groups is 1. The van der Waals surface area contributed by atoms with Gasteiger partial charge in [0.1, 0.15) is 0 Å². The maximum absolute atomic E-state index is 12.6. The molecule has 1 amide bonds. The maximum Gasteiger partial charge on any atom is 0.230 e. The van der Waals surface area contributed by atoms with E-state index in [-0.39, 0.29) is 18.4 Å². The quantitative estimate of drug-likeness (QED) is 0.851. The van der Waals surface area contributed by atoms with Crippen molar-refractivity contribution in [3.8, 4) is 0 Å². The van der Waals surface area contributed by atoms with Crippen LogP contribution in [0.25, 0.3) is 0 Å². The predicted octanol–water partition coefficient (Wildman–Crippen LogP) is 1.82. The SMILES string of the molecule is CCCN(CCO)C(=O)C1CCNc2ccccc21. The van der Waals surface area contributed by atoms with Crippen molar-refractivity contribution >= 4 is 11.6 Å². The predicted molar refractivity (Wildman–Crippen MR) is 76.2 cm³/mol. The Morgan fingerprint density at radius 3 is 2.95 bits per heavy atom. The van der Waals surface area contributed by atoms with Gasteiger partial charge in [0.2, 0.25) is 5.91 Å². The molecule has 1 heterocycles. The van der Waals surface area contributed by atoms with Crippen LogP contribution in [0.2, 0.25) is 0 Å². The zero-order valence-corrected chi connectivity index (χ0v) is 11.4. The third-order valence-electron chi connectivity index (χ3n) is 3.56. The van der Waals surface area contributed by atoms with Crippen LogP contribution in [0.3, 0.4) is 0 Å². The number of rotatable bonds is 5. The number of nitrogens with zero attached hydrogens (tertiary/aromatic N) is 1. The van der Waals surface area contributed by atoms with Crippen molar-refractivity contribution in [2.45, 2.75) is 25.7 Å². The summed E-state index contributed by atoms with van der Waals surface area (Å²) in [6.45, 7) is 4.04. The van der Waals surface area contributed by atoms with Gasteiger partial charge in [0, 0.05) is 25.3 Å². The number of benzene rings is 1. The highest BCUT2D eigenvalue weighted by molar-refractivity contribution is 5.86. The summed E-state index contributed by atoms with van der Waals surface area (Å²) in [5.41, 5.74) is 2.14. The summed E-state index contributed by atoms with van der Waals surface area (Å²) >= 11 is 0. The van der Waals surface area contributed by atoms with Crippen LogP contribution in [0.5, 0.6) is 0 Å². The van der Waals surface area contributed by atoms with Gasteiger partial charge in [-0.1, -0.05) is 25.1 Å². The Balaban J connectivity index is 2.19. The fourth-order valence-corrected chi connectivity index (χ4v) is 2.67. The van der Waals surface area contributed by atoms with Crippen LogP contribution in [-0.2, 0) is 4.79 Å². The number of amides is 1. The van der Waals surface area contributed by atoms with Gasteiger partial charge in [-0.05, 0) is 24.5 Å². The number of anilines is 1. The van der Waals surface area contributed by atoms with E-state index < -0.39 is 0 Å². The van der Waals surface area contributed by atoms with Gasteiger partial charge in [0.05, 0.1) is 12.5 Å². The number of nitrogens with one attached hydrogen (secondary N) is 1. The first-order valence-corrected chi connectivity index (χ1v) is 7.00. The highest BCUT2D eigenvalue weighted by Crippen LogP contribution is 2.32. The second kappa shape index (κ2) is 6.57. The van der Waals surface area contributed by atoms with E-state index in [9.17, 15) is 4.79 Å². The van der Waals surface area contributed by atoms with E-state index in [1.807, 2.05) is 31.2 Å². The summed E-state index contributed by atoms with van der Waals surface area (Å²) in [5, 5.41) is 12.4. The fourth-order valence-electron chi connectivity index (χ4n) is 2.67. The van der Waals surface area contributed by atoms with Crippen LogP contribution < -0.4 is 5.32 Å². The molecule has 0 bridgehead atoms. The van der Waals surface area contributed by atoms with E-state index in [2.05, 4.69) is 5.32 Å². The Kier molecular flexibility index (Phi) is 4.80.